The van der Waals surface area contributed by atoms with Gasteiger partial charge in [-0.3, -0.25) is 20.0 Å². The lowest BCUT2D eigenvalue weighted by atomic mass is 10.1. The molecule has 0 bridgehead atoms. The number of carbonyl (C=O) groups is 1. The molecule has 0 atom stereocenters. The van der Waals surface area contributed by atoms with E-state index in [2.05, 4.69) is 10.2 Å². The first-order valence-electron chi connectivity index (χ1n) is 5.45. The van der Waals surface area contributed by atoms with E-state index in [0.29, 0.717) is 6.54 Å². The van der Waals surface area contributed by atoms with Crippen molar-refractivity contribution in [2.45, 2.75) is 26.4 Å². The summed E-state index contributed by atoms with van der Waals surface area (Å²) in [5.41, 5.74) is -1.61. The summed E-state index contributed by atoms with van der Waals surface area (Å²) in [6.07, 6.45) is 0.991. The highest BCUT2D eigenvalue weighted by molar-refractivity contribution is 5.96. The van der Waals surface area contributed by atoms with Crippen LogP contribution in [0.25, 0.3) is 0 Å². The molecule has 0 radical (unpaired) electrons. The number of hydrogen-bond acceptors (Lipinski definition) is 5. The SMILES string of the molecule is CCN(CC(C)(C)O)C(=O)c1[nH]ncc1[N+](=O)[O-]. The van der Waals surface area contributed by atoms with E-state index < -0.39 is 16.4 Å². The number of hydrogen-bond donors (Lipinski definition) is 2. The third kappa shape index (κ3) is 3.27. The lowest BCUT2D eigenvalue weighted by molar-refractivity contribution is -0.385. The molecule has 1 heterocycles. The van der Waals surface area contributed by atoms with Gasteiger partial charge in [-0.15, -0.1) is 0 Å². The predicted octanol–water partition coefficient (Wildman–Crippen LogP) is 0.551. The lowest BCUT2D eigenvalue weighted by Gasteiger charge is -2.27. The second-order valence-electron chi connectivity index (χ2n) is 4.52. The molecule has 1 aromatic heterocycles. The van der Waals surface area contributed by atoms with Crippen LogP contribution >= 0.6 is 0 Å². The number of nitro groups is 1. The Morgan fingerprint density at radius 1 is 1.67 bits per heavy atom. The molecule has 0 aliphatic carbocycles. The zero-order valence-electron chi connectivity index (χ0n) is 10.5. The summed E-state index contributed by atoms with van der Waals surface area (Å²) < 4.78 is 0. The molecule has 100 valence electrons. The van der Waals surface area contributed by atoms with E-state index in [1.54, 1.807) is 20.8 Å². The zero-order chi connectivity index (χ0) is 13.9. The number of nitrogens with one attached hydrogen (secondary N) is 1. The number of carbonyl (C=O) groups excluding carboxylic acids is 1. The maximum absolute atomic E-state index is 12.1. The molecule has 1 rings (SSSR count). The van der Waals surface area contributed by atoms with E-state index in [0.717, 1.165) is 6.20 Å². The van der Waals surface area contributed by atoms with Gasteiger partial charge in [-0.1, -0.05) is 0 Å². The smallest absolute Gasteiger partial charge is 0.319 e. The van der Waals surface area contributed by atoms with Crippen molar-refractivity contribution in [3.05, 3.63) is 22.0 Å². The topological polar surface area (TPSA) is 112 Å². The highest BCUT2D eigenvalue weighted by Gasteiger charge is 2.29. The van der Waals surface area contributed by atoms with Crippen LogP contribution in [0.15, 0.2) is 6.20 Å². The predicted molar refractivity (Wildman–Crippen MR) is 63.1 cm³/mol. The largest absolute Gasteiger partial charge is 0.389 e. The minimum atomic E-state index is -1.07. The fourth-order valence-corrected chi connectivity index (χ4v) is 1.53. The summed E-state index contributed by atoms with van der Waals surface area (Å²) in [6.45, 7) is 5.26. The van der Waals surface area contributed by atoms with Gasteiger partial charge in [0.25, 0.3) is 5.91 Å². The standard InChI is InChI=1S/C10H16N4O4/c1-4-13(6-10(2,3)16)9(15)8-7(14(17)18)5-11-12-8/h5,16H,4,6H2,1-3H3,(H,11,12). The first-order chi connectivity index (χ1) is 8.26. The third-order valence-corrected chi connectivity index (χ3v) is 2.28. The van der Waals surface area contributed by atoms with Crippen LogP contribution in [0, 0.1) is 10.1 Å². The highest BCUT2D eigenvalue weighted by atomic mass is 16.6. The van der Waals surface area contributed by atoms with Gasteiger partial charge in [0.15, 0.2) is 0 Å². The number of likely N-dealkylation sites (N-methyl/N-ethyl adjacent to an activating group) is 1. The summed E-state index contributed by atoms with van der Waals surface area (Å²) in [5, 5.41) is 26.2. The van der Waals surface area contributed by atoms with Crippen molar-refractivity contribution in [1.82, 2.24) is 15.1 Å². The Labute approximate surface area is 104 Å². The Kier molecular flexibility index (Phi) is 4.02. The van der Waals surface area contributed by atoms with E-state index in [1.165, 1.54) is 4.90 Å². The van der Waals surface area contributed by atoms with Crippen molar-refractivity contribution in [3.63, 3.8) is 0 Å². The van der Waals surface area contributed by atoms with Gasteiger partial charge in [-0.2, -0.15) is 5.10 Å². The van der Waals surface area contributed by atoms with Crippen molar-refractivity contribution in [2.24, 2.45) is 0 Å². The van der Waals surface area contributed by atoms with Gasteiger partial charge in [0.05, 0.1) is 10.5 Å². The monoisotopic (exact) mass is 256 g/mol. The van der Waals surface area contributed by atoms with Crippen molar-refractivity contribution >= 4 is 11.6 Å². The number of aromatic amines is 1. The molecule has 0 aliphatic rings. The summed E-state index contributed by atoms with van der Waals surface area (Å²) in [4.78, 5) is 23.4. The maximum Gasteiger partial charge on any atom is 0.319 e. The fourth-order valence-electron chi connectivity index (χ4n) is 1.53. The average molecular weight is 256 g/mol. The van der Waals surface area contributed by atoms with Crippen LogP contribution in [0.2, 0.25) is 0 Å². The third-order valence-electron chi connectivity index (χ3n) is 2.28. The molecule has 1 amide bonds. The van der Waals surface area contributed by atoms with Crippen molar-refractivity contribution in [1.29, 1.82) is 0 Å². The summed E-state index contributed by atoms with van der Waals surface area (Å²) in [6, 6.07) is 0. The van der Waals surface area contributed by atoms with Gasteiger partial charge in [-0.05, 0) is 20.8 Å². The Morgan fingerprint density at radius 3 is 2.72 bits per heavy atom. The molecule has 1 aromatic rings. The summed E-state index contributed by atoms with van der Waals surface area (Å²) >= 11 is 0. The number of nitrogens with zero attached hydrogens (tertiary/aromatic N) is 3. The Bertz CT molecular complexity index is 449. The van der Waals surface area contributed by atoms with Gasteiger partial charge in [0.2, 0.25) is 5.69 Å². The minimum Gasteiger partial charge on any atom is -0.389 e. The number of aromatic nitrogens is 2. The first kappa shape index (κ1) is 14.1. The summed E-state index contributed by atoms with van der Waals surface area (Å²) in [5.74, 6) is -0.552. The molecule has 0 fully saturated rings. The number of H-pyrrole nitrogens is 1. The minimum absolute atomic E-state index is 0.0819. The molecule has 8 heteroatoms. The zero-order valence-corrected chi connectivity index (χ0v) is 10.5. The van der Waals surface area contributed by atoms with E-state index in [4.69, 9.17) is 0 Å². The van der Waals surface area contributed by atoms with Crippen LogP contribution in [-0.4, -0.2) is 49.7 Å². The second-order valence-corrected chi connectivity index (χ2v) is 4.52. The quantitative estimate of drug-likeness (QED) is 0.590. The molecule has 0 saturated heterocycles. The van der Waals surface area contributed by atoms with Crippen LogP contribution in [0.5, 0.6) is 0 Å². The maximum atomic E-state index is 12.1. The van der Waals surface area contributed by atoms with Gasteiger partial charge in [-0.25, -0.2) is 0 Å². The molecule has 8 nitrogen and oxygen atoms in total. The number of aliphatic hydroxyl groups is 1. The average Bonchev–Trinajstić information content (AvgIpc) is 2.72. The number of amides is 1. The van der Waals surface area contributed by atoms with Gasteiger partial charge in [0.1, 0.15) is 6.20 Å². The van der Waals surface area contributed by atoms with E-state index in [9.17, 15) is 20.0 Å². The van der Waals surface area contributed by atoms with E-state index in [-0.39, 0.29) is 17.9 Å². The van der Waals surface area contributed by atoms with E-state index >= 15 is 0 Å². The van der Waals surface area contributed by atoms with Crippen LogP contribution in [0.3, 0.4) is 0 Å². The Balaban J connectivity index is 2.97. The lowest BCUT2D eigenvalue weighted by Crippen LogP contribution is -2.42. The van der Waals surface area contributed by atoms with Gasteiger partial charge < -0.3 is 10.0 Å². The fraction of sp³-hybridized carbons (Fsp3) is 0.600. The van der Waals surface area contributed by atoms with Gasteiger partial charge >= 0.3 is 5.69 Å². The molecule has 2 N–H and O–H groups in total. The first-order valence-corrected chi connectivity index (χ1v) is 5.45. The molecule has 0 saturated carbocycles. The Morgan fingerprint density at radius 2 is 2.28 bits per heavy atom. The molecular weight excluding hydrogens is 240 g/mol. The molecule has 18 heavy (non-hydrogen) atoms. The summed E-state index contributed by atoms with van der Waals surface area (Å²) in [7, 11) is 0. The highest BCUT2D eigenvalue weighted by Crippen LogP contribution is 2.17. The molecule has 0 unspecified atom stereocenters. The van der Waals surface area contributed by atoms with E-state index in [1.807, 2.05) is 0 Å². The molecule has 0 spiro atoms. The van der Waals surface area contributed by atoms with Gasteiger partial charge in [0, 0.05) is 13.1 Å². The van der Waals surface area contributed by atoms with Crippen LogP contribution in [-0.2, 0) is 0 Å². The van der Waals surface area contributed by atoms with Crippen LogP contribution in [0.4, 0.5) is 5.69 Å². The van der Waals surface area contributed by atoms with Crippen molar-refractivity contribution in [3.8, 4) is 0 Å². The normalized spacial score (nSPS) is 11.3. The molecular formula is C10H16N4O4. The van der Waals surface area contributed by atoms with Crippen molar-refractivity contribution in [2.75, 3.05) is 13.1 Å². The molecule has 0 aliphatic heterocycles. The molecule has 0 aromatic carbocycles. The number of rotatable bonds is 5. The van der Waals surface area contributed by atoms with Crippen molar-refractivity contribution < 1.29 is 14.8 Å². The van der Waals surface area contributed by atoms with Crippen LogP contribution in [0.1, 0.15) is 31.3 Å². The Hall–Kier alpha value is -1.96. The second kappa shape index (κ2) is 5.13. The van der Waals surface area contributed by atoms with Crippen LogP contribution < -0.4 is 0 Å².